The highest BCUT2D eigenvalue weighted by Gasteiger charge is 2.05. The third-order valence-corrected chi connectivity index (χ3v) is 3.82. The highest BCUT2D eigenvalue weighted by atomic mass is 35.5. The van der Waals surface area contributed by atoms with E-state index >= 15 is 0 Å². The van der Waals surface area contributed by atoms with Crippen LogP contribution in [0.25, 0.3) is 22.4 Å². The topological polar surface area (TPSA) is 12.9 Å². The summed E-state index contributed by atoms with van der Waals surface area (Å²) in [6, 6.07) is 19.8. The molecule has 0 N–H and O–H groups in total. The lowest BCUT2D eigenvalue weighted by Crippen LogP contribution is -1.85. The van der Waals surface area contributed by atoms with E-state index < -0.39 is 0 Å². The summed E-state index contributed by atoms with van der Waals surface area (Å²) in [4.78, 5) is 4.40. The summed E-state index contributed by atoms with van der Waals surface area (Å²) in [5, 5.41) is 1.09. The van der Waals surface area contributed by atoms with Gasteiger partial charge in [-0.15, -0.1) is 0 Å². The molecule has 3 aromatic rings. The average Bonchev–Trinajstić information content (AvgIpc) is 2.51. The number of aromatic nitrogens is 1. The first kappa shape index (κ1) is 13.2. The Hall–Kier alpha value is -1.83. The van der Waals surface area contributed by atoms with Gasteiger partial charge in [-0.1, -0.05) is 59.6 Å². The van der Waals surface area contributed by atoms with E-state index in [1.807, 2.05) is 36.4 Å². The van der Waals surface area contributed by atoms with Crippen molar-refractivity contribution in [3.05, 3.63) is 76.9 Å². The number of hydrogen-bond acceptors (Lipinski definition) is 1. The number of nitrogens with zero attached hydrogens (tertiary/aromatic N) is 1. The fourth-order valence-electron chi connectivity index (χ4n) is 2.05. The maximum atomic E-state index is 6.06. The first-order chi connectivity index (χ1) is 9.74. The van der Waals surface area contributed by atoms with Crippen molar-refractivity contribution in [1.82, 2.24) is 4.98 Å². The molecule has 0 saturated heterocycles. The Kier molecular flexibility index (Phi) is 3.72. The van der Waals surface area contributed by atoms with Gasteiger partial charge in [-0.05, 0) is 35.4 Å². The second-order valence-electron chi connectivity index (χ2n) is 4.42. The highest BCUT2D eigenvalue weighted by Crippen LogP contribution is 2.29. The van der Waals surface area contributed by atoms with Gasteiger partial charge in [-0.3, -0.25) is 4.98 Å². The number of rotatable bonds is 2. The normalized spacial score (nSPS) is 10.5. The number of pyridine rings is 1. The molecule has 0 aliphatic heterocycles. The van der Waals surface area contributed by atoms with E-state index in [2.05, 4.69) is 23.2 Å². The van der Waals surface area contributed by atoms with Crippen molar-refractivity contribution in [2.45, 2.75) is 0 Å². The fourth-order valence-corrected chi connectivity index (χ4v) is 2.35. The molecule has 98 valence electrons. The van der Waals surface area contributed by atoms with Crippen LogP contribution in [0.4, 0.5) is 0 Å². The van der Waals surface area contributed by atoms with Crippen molar-refractivity contribution in [1.29, 1.82) is 0 Å². The summed E-state index contributed by atoms with van der Waals surface area (Å²) in [5.74, 6) is 0. The van der Waals surface area contributed by atoms with E-state index in [-0.39, 0.29) is 0 Å². The number of benzene rings is 2. The van der Waals surface area contributed by atoms with Crippen molar-refractivity contribution >= 4 is 23.2 Å². The molecule has 0 fully saturated rings. The summed E-state index contributed by atoms with van der Waals surface area (Å²) >= 11 is 12.0. The predicted molar refractivity (Wildman–Crippen MR) is 85.1 cm³/mol. The van der Waals surface area contributed by atoms with E-state index in [0.717, 1.165) is 22.4 Å². The van der Waals surface area contributed by atoms with Crippen molar-refractivity contribution in [3.8, 4) is 22.4 Å². The van der Waals surface area contributed by atoms with Gasteiger partial charge in [-0.2, -0.15) is 0 Å². The molecule has 0 aliphatic rings. The number of halogens is 2. The lowest BCUT2D eigenvalue weighted by molar-refractivity contribution is 1.33. The Balaban J connectivity index is 2.05. The molecule has 0 unspecified atom stereocenters. The smallest absolute Gasteiger partial charge is 0.0708 e. The summed E-state index contributed by atoms with van der Waals surface area (Å²) < 4.78 is 0. The summed E-state index contributed by atoms with van der Waals surface area (Å²) in [6.45, 7) is 0. The molecule has 0 radical (unpaired) electrons. The Morgan fingerprint density at radius 1 is 0.650 bits per heavy atom. The molecule has 1 nitrogen and oxygen atoms in total. The monoisotopic (exact) mass is 299 g/mol. The lowest BCUT2D eigenvalue weighted by Gasteiger charge is -2.06. The molecular weight excluding hydrogens is 289 g/mol. The Morgan fingerprint density at radius 3 is 2.20 bits per heavy atom. The molecule has 0 atom stereocenters. The molecule has 1 aromatic heterocycles. The standard InChI is InChI=1S/C17H11Cl2N/c18-15-7-6-14(10-16(15)19)17-11-13(8-9-20-17)12-4-2-1-3-5-12/h1-11H. The molecular formula is C17H11Cl2N. The Bertz CT molecular complexity index is 739. The predicted octanol–water partition coefficient (Wildman–Crippen LogP) is 5.72. The molecule has 0 spiro atoms. The summed E-state index contributed by atoms with van der Waals surface area (Å²) in [6.07, 6.45) is 1.81. The maximum absolute atomic E-state index is 6.06. The molecule has 20 heavy (non-hydrogen) atoms. The molecule has 0 bridgehead atoms. The minimum Gasteiger partial charge on any atom is -0.256 e. The van der Waals surface area contributed by atoms with Gasteiger partial charge < -0.3 is 0 Å². The molecule has 0 saturated carbocycles. The Labute approximate surface area is 127 Å². The second kappa shape index (κ2) is 5.66. The fraction of sp³-hybridized carbons (Fsp3) is 0. The molecule has 0 aliphatic carbocycles. The Morgan fingerprint density at radius 2 is 1.45 bits per heavy atom. The lowest BCUT2D eigenvalue weighted by atomic mass is 10.0. The van der Waals surface area contributed by atoms with Gasteiger partial charge in [0.1, 0.15) is 0 Å². The minimum atomic E-state index is 0.538. The van der Waals surface area contributed by atoms with Gasteiger partial charge in [0.15, 0.2) is 0 Å². The zero-order valence-electron chi connectivity index (χ0n) is 10.6. The number of hydrogen-bond donors (Lipinski definition) is 0. The maximum Gasteiger partial charge on any atom is 0.0708 e. The molecule has 2 aromatic carbocycles. The van der Waals surface area contributed by atoms with Crippen molar-refractivity contribution in [3.63, 3.8) is 0 Å². The van der Waals surface area contributed by atoms with E-state index in [4.69, 9.17) is 23.2 Å². The molecule has 3 rings (SSSR count). The van der Waals surface area contributed by atoms with Gasteiger partial charge in [0.25, 0.3) is 0 Å². The van der Waals surface area contributed by atoms with Crippen molar-refractivity contribution < 1.29 is 0 Å². The van der Waals surface area contributed by atoms with Gasteiger partial charge in [0, 0.05) is 11.8 Å². The van der Waals surface area contributed by atoms with Crippen LogP contribution in [0.2, 0.25) is 10.0 Å². The molecule has 3 heteroatoms. The summed E-state index contributed by atoms with van der Waals surface area (Å²) in [7, 11) is 0. The van der Waals surface area contributed by atoms with Gasteiger partial charge >= 0.3 is 0 Å². The van der Waals surface area contributed by atoms with E-state index in [9.17, 15) is 0 Å². The minimum absolute atomic E-state index is 0.538. The van der Waals surface area contributed by atoms with E-state index in [1.165, 1.54) is 0 Å². The third kappa shape index (κ3) is 2.69. The van der Waals surface area contributed by atoms with E-state index in [0.29, 0.717) is 10.0 Å². The van der Waals surface area contributed by atoms with Crippen LogP contribution in [0, 0.1) is 0 Å². The van der Waals surface area contributed by atoms with Gasteiger partial charge in [0.2, 0.25) is 0 Å². The summed E-state index contributed by atoms with van der Waals surface area (Å²) in [5.41, 5.74) is 4.12. The zero-order chi connectivity index (χ0) is 13.9. The van der Waals surface area contributed by atoms with Crippen molar-refractivity contribution in [2.75, 3.05) is 0 Å². The van der Waals surface area contributed by atoms with Crippen LogP contribution in [-0.2, 0) is 0 Å². The van der Waals surface area contributed by atoms with Crippen LogP contribution in [0.1, 0.15) is 0 Å². The van der Waals surface area contributed by atoms with Crippen LogP contribution in [-0.4, -0.2) is 4.98 Å². The van der Waals surface area contributed by atoms with Crippen LogP contribution in [0.15, 0.2) is 66.9 Å². The highest BCUT2D eigenvalue weighted by molar-refractivity contribution is 6.42. The van der Waals surface area contributed by atoms with Crippen LogP contribution in [0.3, 0.4) is 0 Å². The SMILES string of the molecule is Clc1ccc(-c2cc(-c3ccccc3)ccn2)cc1Cl. The van der Waals surface area contributed by atoms with Crippen LogP contribution >= 0.6 is 23.2 Å². The molecule has 0 amide bonds. The van der Waals surface area contributed by atoms with Gasteiger partial charge in [0.05, 0.1) is 15.7 Å². The van der Waals surface area contributed by atoms with Crippen LogP contribution < -0.4 is 0 Å². The van der Waals surface area contributed by atoms with Crippen molar-refractivity contribution in [2.24, 2.45) is 0 Å². The zero-order valence-corrected chi connectivity index (χ0v) is 12.1. The van der Waals surface area contributed by atoms with E-state index in [1.54, 1.807) is 12.3 Å². The second-order valence-corrected chi connectivity index (χ2v) is 5.24. The quantitative estimate of drug-likeness (QED) is 0.589. The largest absolute Gasteiger partial charge is 0.256 e. The molecule has 1 heterocycles. The van der Waals surface area contributed by atoms with Crippen LogP contribution in [0.5, 0.6) is 0 Å². The first-order valence-electron chi connectivity index (χ1n) is 6.21. The van der Waals surface area contributed by atoms with Gasteiger partial charge in [-0.25, -0.2) is 0 Å². The first-order valence-corrected chi connectivity index (χ1v) is 6.96. The average molecular weight is 300 g/mol. The third-order valence-electron chi connectivity index (χ3n) is 3.08.